The van der Waals surface area contributed by atoms with Gasteiger partial charge >= 0.3 is 0 Å². The van der Waals surface area contributed by atoms with Crippen LogP contribution in [0.2, 0.25) is 0 Å². The van der Waals surface area contributed by atoms with E-state index in [0.29, 0.717) is 18.0 Å². The van der Waals surface area contributed by atoms with Crippen LogP contribution >= 0.6 is 0 Å². The summed E-state index contributed by atoms with van der Waals surface area (Å²) in [6, 6.07) is 17.8. The van der Waals surface area contributed by atoms with Gasteiger partial charge in [0.15, 0.2) is 0 Å². The lowest BCUT2D eigenvalue weighted by atomic mass is 10.0. The summed E-state index contributed by atoms with van der Waals surface area (Å²) >= 11 is 0. The molecule has 5 rings (SSSR count). The number of rotatable bonds is 5. The fraction of sp³-hybridized carbons (Fsp3) is 0.296. The summed E-state index contributed by atoms with van der Waals surface area (Å²) in [5.74, 6) is 0.602. The molecule has 0 bridgehead atoms. The number of fused-ring (bicyclic) bond motifs is 1. The summed E-state index contributed by atoms with van der Waals surface area (Å²) in [5, 5.41) is 8.07. The van der Waals surface area contributed by atoms with Gasteiger partial charge in [0, 0.05) is 66.9 Å². The van der Waals surface area contributed by atoms with E-state index in [1.165, 1.54) is 11.1 Å². The minimum absolute atomic E-state index is 0.511. The maximum atomic E-state index is 4.88. The number of benzene rings is 2. The van der Waals surface area contributed by atoms with Crippen LogP contribution in [0.4, 0.5) is 11.6 Å². The summed E-state index contributed by atoms with van der Waals surface area (Å²) in [4.78, 5) is 16.1. The minimum Gasteiger partial charge on any atom is -0.324 e. The fourth-order valence-corrected chi connectivity index (χ4v) is 4.86. The number of aryl methyl sites for hydroxylation is 1. The van der Waals surface area contributed by atoms with Crippen molar-refractivity contribution in [3.05, 3.63) is 78.2 Å². The van der Waals surface area contributed by atoms with Gasteiger partial charge in [0.25, 0.3) is 0 Å². The molecule has 6 nitrogen and oxygen atoms in total. The number of nitrogens with zero attached hydrogens (tertiary/aromatic N) is 4. The van der Waals surface area contributed by atoms with Crippen molar-refractivity contribution in [3.8, 4) is 11.1 Å². The first kappa shape index (κ1) is 21.5. The predicted molar refractivity (Wildman–Crippen MR) is 135 cm³/mol. The molecule has 2 N–H and O–H groups in total. The fourth-order valence-electron chi connectivity index (χ4n) is 4.86. The number of aromatic nitrogens is 3. The molecule has 1 saturated heterocycles. The van der Waals surface area contributed by atoms with Crippen LogP contribution in [-0.4, -0.2) is 45.0 Å². The van der Waals surface area contributed by atoms with Crippen molar-refractivity contribution >= 4 is 22.5 Å². The summed E-state index contributed by atoms with van der Waals surface area (Å²) in [7, 11) is 0. The van der Waals surface area contributed by atoms with Crippen molar-refractivity contribution in [1.29, 1.82) is 0 Å². The van der Waals surface area contributed by atoms with E-state index in [9.17, 15) is 0 Å². The predicted octanol–water partition coefficient (Wildman–Crippen LogP) is 4.93. The second-order valence-electron chi connectivity index (χ2n) is 9.17. The minimum atomic E-state index is 0.511. The maximum Gasteiger partial charge on any atom is 0.227 e. The van der Waals surface area contributed by atoms with Gasteiger partial charge in [-0.1, -0.05) is 24.3 Å². The Morgan fingerprint density at radius 1 is 1.03 bits per heavy atom. The number of piperazine rings is 1. The molecule has 0 radical (unpaired) electrons. The zero-order valence-corrected chi connectivity index (χ0v) is 19.4. The van der Waals surface area contributed by atoms with E-state index >= 15 is 0 Å². The highest BCUT2D eigenvalue weighted by Crippen LogP contribution is 2.28. The van der Waals surface area contributed by atoms with E-state index in [-0.39, 0.29) is 0 Å². The highest BCUT2D eigenvalue weighted by atomic mass is 15.2. The van der Waals surface area contributed by atoms with Crippen LogP contribution in [-0.2, 0) is 6.54 Å². The van der Waals surface area contributed by atoms with Gasteiger partial charge in [-0.15, -0.1) is 0 Å². The molecule has 33 heavy (non-hydrogen) atoms. The maximum absolute atomic E-state index is 4.88. The average Bonchev–Trinajstić information content (AvgIpc) is 2.78. The summed E-state index contributed by atoms with van der Waals surface area (Å²) < 4.78 is 0. The topological polar surface area (TPSA) is 66.0 Å². The Balaban J connectivity index is 1.41. The third-order valence-corrected chi connectivity index (χ3v) is 6.03. The highest BCUT2D eigenvalue weighted by Gasteiger charge is 2.21. The van der Waals surface area contributed by atoms with Crippen LogP contribution < -0.4 is 10.6 Å². The van der Waals surface area contributed by atoms with E-state index < -0.39 is 0 Å². The molecule has 1 aliphatic heterocycles. The Kier molecular flexibility index (Phi) is 6.03. The molecule has 168 valence electrons. The molecular formula is C27H30N6. The van der Waals surface area contributed by atoms with Gasteiger partial charge in [-0.25, -0.2) is 9.97 Å². The number of para-hydroxylation sites is 1. The largest absolute Gasteiger partial charge is 0.324 e. The molecule has 2 aromatic heterocycles. The van der Waals surface area contributed by atoms with Crippen molar-refractivity contribution in [2.45, 2.75) is 39.4 Å². The van der Waals surface area contributed by atoms with E-state index in [1.807, 2.05) is 42.9 Å². The Morgan fingerprint density at radius 2 is 1.82 bits per heavy atom. The van der Waals surface area contributed by atoms with Gasteiger partial charge in [-0.2, -0.15) is 0 Å². The first-order chi connectivity index (χ1) is 16.0. The van der Waals surface area contributed by atoms with Gasteiger partial charge in [0.05, 0.1) is 5.52 Å². The number of pyridine rings is 1. The number of hydrogen-bond acceptors (Lipinski definition) is 6. The molecule has 0 unspecified atom stereocenters. The molecule has 3 heterocycles. The summed E-state index contributed by atoms with van der Waals surface area (Å²) in [5.41, 5.74) is 6.64. The van der Waals surface area contributed by atoms with Gasteiger partial charge in [-0.3, -0.25) is 9.88 Å². The quantitative estimate of drug-likeness (QED) is 0.461. The molecule has 6 heteroatoms. The first-order valence-electron chi connectivity index (χ1n) is 11.6. The zero-order chi connectivity index (χ0) is 22.8. The average molecular weight is 439 g/mol. The molecule has 2 atom stereocenters. The first-order valence-corrected chi connectivity index (χ1v) is 11.6. The van der Waals surface area contributed by atoms with Gasteiger partial charge in [-0.05, 0) is 61.7 Å². The van der Waals surface area contributed by atoms with Crippen molar-refractivity contribution in [2.75, 3.05) is 18.4 Å². The van der Waals surface area contributed by atoms with Crippen molar-refractivity contribution < 1.29 is 0 Å². The Hall–Kier alpha value is -3.35. The lowest BCUT2D eigenvalue weighted by Gasteiger charge is -2.36. The highest BCUT2D eigenvalue weighted by molar-refractivity contribution is 5.93. The van der Waals surface area contributed by atoms with Crippen molar-refractivity contribution in [1.82, 2.24) is 25.2 Å². The van der Waals surface area contributed by atoms with Crippen LogP contribution in [0.1, 0.15) is 25.0 Å². The molecule has 1 aliphatic rings. The smallest absolute Gasteiger partial charge is 0.227 e. The van der Waals surface area contributed by atoms with E-state index in [0.717, 1.165) is 47.4 Å². The van der Waals surface area contributed by atoms with Crippen LogP contribution in [0, 0.1) is 6.92 Å². The molecule has 2 aromatic carbocycles. The Bertz CT molecular complexity index is 1250. The molecule has 4 aromatic rings. The normalized spacial score (nSPS) is 19.0. The van der Waals surface area contributed by atoms with Crippen LogP contribution in [0.25, 0.3) is 22.0 Å². The van der Waals surface area contributed by atoms with E-state index in [2.05, 4.69) is 70.5 Å². The van der Waals surface area contributed by atoms with Crippen LogP contribution in [0.5, 0.6) is 0 Å². The lowest BCUT2D eigenvalue weighted by Crippen LogP contribution is -2.53. The van der Waals surface area contributed by atoms with Gasteiger partial charge < -0.3 is 10.6 Å². The molecule has 0 saturated carbocycles. The molecule has 0 aliphatic carbocycles. The Morgan fingerprint density at radius 3 is 2.61 bits per heavy atom. The standard InChI is InChI=1S/C27H30N6/c1-18-11-21(17-33-15-19(2)30-20(3)16-33)13-24(12-18)31-27-29-14-23-5-4-6-25(26(23)32-27)22-7-9-28-10-8-22/h4-14,19-20,30H,15-17H2,1-3H3,(H,29,31,32)/t19-,20+. The molecule has 1 fully saturated rings. The van der Waals surface area contributed by atoms with Crippen molar-refractivity contribution in [3.63, 3.8) is 0 Å². The second kappa shape index (κ2) is 9.25. The van der Waals surface area contributed by atoms with Crippen LogP contribution in [0.3, 0.4) is 0 Å². The van der Waals surface area contributed by atoms with Gasteiger partial charge in [0.2, 0.25) is 5.95 Å². The number of hydrogen-bond donors (Lipinski definition) is 2. The molecule has 0 spiro atoms. The van der Waals surface area contributed by atoms with Crippen molar-refractivity contribution in [2.24, 2.45) is 0 Å². The molecule has 0 amide bonds. The summed E-state index contributed by atoms with van der Waals surface area (Å²) in [6.07, 6.45) is 5.50. The third kappa shape index (κ3) is 5.02. The monoisotopic (exact) mass is 438 g/mol. The Labute approximate surface area is 195 Å². The number of anilines is 2. The summed E-state index contributed by atoms with van der Waals surface area (Å²) in [6.45, 7) is 9.71. The number of nitrogens with one attached hydrogen (secondary N) is 2. The zero-order valence-electron chi connectivity index (χ0n) is 19.4. The molecular weight excluding hydrogens is 408 g/mol. The SMILES string of the molecule is Cc1cc(CN2C[C@@H](C)N[C@@H](C)C2)cc(Nc2ncc3cccc(-c4ccncc4)c3n2)c1. The van der Waals surface area contributed by atoms with E-state index in [4.69, 9.17) is 4.98 Å². The van der Waals surface area contributed by atoms with Crippen LogP contribution in [0.15, 0.2) is 67.1 Å². The van der Waals surface area contributed by atoms with E-state index in [1.54, 1.807) is 0 Å². The lowest BCUT2D eigenvalue weighted by molar-refractivity contribution is 0.166. The third-order valence-electron chi connectivity index (χ3n) is 6.03. The van der Waals surface area contributed by atoms with Gasteiger partial charge in [0.1, 0.15) is 0 Å². The second-order valence-corrected chi connectivity index (χ2v) is 9.17.